The summed E-state index contributed by atoms with van der Waals surface area (Å²) in [6.45, 7) is -0.708. The molecule has 2 N–H and O–H groups in total. The summed E-state index contributed by atoms with van der Waals surface area (Å²) in [5, 5.41) is 17.1. The fourth-order valence-corrected chi connectivity index (χ4v) is 1.22. The van der Waals surface area contributed by atoms with Gasteiger partial charge in [0.1, 0.15) is 17.7 Å². The first-order chi connectivity index (χ1) is 6.07. The van der Waals surface area contributed by atoms with Crippen molar-refractivity contribution in [2.24, 2.45) is 0 Å². The molecule has 0 saturated carbocycles. The van der Waals surface area contributed by atoms with Gasteiger partial charge in [-0.25, -0.2) is 8.78 Å². The molecular weight excluding hydrogens is 202 g/mol. The Kier molecular flexibility index (Phi) is 3.19. The molecule has 72 valence electrons. The van der Waals surface area contributed by atoms with Crippen LogP contribution in [0.4, 0.5) is 8.78 Å². The molecule has 1 aromatic rings. The van der Waals surface area contributed by atoms with Crippen molar-refractivity contribution in [3.05, 3.63) is 34.4 Å². The number of aliphatic hydroxyl groups is 2. The van der Waals surface area contributed by atoms with Gasteiger partial charge in [0, 0.05) is 5.56 Å². The molecule has 0 spiro atoms. The monoisotopic (exact) mass is 208 g/mol. The molecule has 0 aliphatic heterocycles. The van der Waals surface area contributed by atoms with Gasteiger partial charge < -0.3 is 10.2 Å². The Morgan fingerprint density at radius 3 is 2.38 bits per heavy atom. The van der Waals surface area contributed by atoms with Crippen LogP contribution in [-0.4, -0.2) is 16.8 Å². The SMILES string of the molecule is OCC(O)c1c(F)ccc(F)c1Cl. The van der Waals surface area contributed by atoms with Gasteiger partial charge in [-0.15, -0.1) is 0 Å². The summed E-state index contributed by atoms with van der Waals surface area (Å²) in [7, 11) is 0. The fraction of sp³-hybridized carbons (Fsp3) is 0.250. The molecule has 5 heteroatoms. The molecular formula is C8H7ClF2O2. The van der Waals surface area contributed by atoms with Crippen molar-refractivity contribution < 1.29 is 19.0 Å². The summed E-state index contributed by atoms with van der Waals surface area (Å²) >= 11 is 5.39. The molecule has 0 saturated heterocycles. The minimum atomic E-state index is -1.50. The van der Waals surface area contributed by atoms with E-state index in [2.05, 4.69) is 0 Å². The molecule has 0 radical (unpaired) electrons. The minimum Gasteiger partial charge on any atom is -0.393 e. The smallest absolute Gasteiger partial charge is 0.142 e. The van der Waals surface area contributed by atoms with Crippen LogP contribution in [0, 0.1) is 11.6 Å². The zero-order valence-electron chi connectivity index (χ0n) is 6.47. The molecule has 13 heavy (non-hydrogen) atoms. The fourth-order valence-electron chi connectivity index (χ4n) is 0.939. The molecule has 0 heterocycles. The molecule has 0 aromatic heterocycles. The van der Waals surface area contributed by atoms with E-state index in [-0.39, 0.29) is 0 Å². The first kappa shape index (κ1) is 10.4. The van der Waals surface area contributed by atoms with Gasteiger partial charge in [0.15, 0.2) is 0 Å². The first-order valence-electron chi connectivity index (χ1n) is 3.50. The van der Waals surface area contributed by atoms with Crippen LogP contribution in [0.5, 0.6) is 0 Å². The van der Waals surface area contributed by atoms with E-state index >= 15 is 0 Å². The number of aliphatic hydroxyl groups excluding tert-OH is 2. The molecule has 1 unspecified atom stereocenters. The molecule has 0 fully saturated rings. The Morgan fingerprint density at radius 1 is 1.31 bits per heavy atom. The molecule has 1 rings (SSSR count). The molecule has 0 aliphatic carbocycles. The standard InChI is InChI=1S/C8H7ClF2O2/c9-8-5(11)2-1-4(10)7(8)6(13)3-12/h1-2,6,12-13H,3H2. The highest BCUT2D eigenvalue weighted by molar-refractivity contribution is 6.31. The van der Waals surface area contributed by atoms with Crippen molar-refractivity contribution in [3.63, 3.8) is 0 Å². The summed E-state index contributed by atoms with van der Waals surface area (Å²) < 4.78 is 25.7. The van der Waals surface area contributed by atoms with Crippen LogP contribution < -0.4 is 0 Å². The van der Waals surface area contributed by atoms with Gasteiger partial charge >= 0.3 is 0 Å². The van der Waals surface area contributed by atoms with Gasteiger partial charge in [0.2, 0.25) is 0 Å². The van der Waals surface area contributed by atoms with E-state index in [0.29, 0.717) is 0 Å². The van der Waals surface area contributed by atoms with Gasteiger partial charge in [-0.05, 0) is 12.1 Å². The molecule has 0 bridgehead atoms. The van der Waals surface area contributed by atoms with Gasteiger partial charge in [-0.1, -0.05) is 11.6 Å². The van der Waals surface area contributed by atoms with Gasteiger partial charge in [-0.3, -0.25) is 0 Å². The lowest BCUT2D eigenvalue weighted by Gasteiger charge is -2.10. The summed E-state index contributed by atoms with van der Waals surface area (Å²) in [5.41, 5.74) is -0.413. The normalized spacial score (nSPS) is 13.0. The van der Waals surface area contributed by atoms with Gasteiger partial charge in [0.25, 0.3) is 0 Å². The Balaban J connectivity index is 3.25. The second kappa shape index (κ2) is 4.00. The zero-order chi connectivity index (χ0) is 10.0. The van der Waals surface area contributed by atoms with E-state index in [0.717, 1.165) is 12.1 Å². The van der Waals surface area contributed by atoms with Crippen LogP contribution in [0.3, 0.4) is 0 Å². The van der Waals surface area contributed by atoms with E-state index in [4.69, 9.17) is 21.8 Å². The first-order valence-corrected chi connectivity index (χ1v) is 3.88. The van der Waals surface area contributed by atoms with Crippen molar-refractivity contribution in [2.45, 2.75) is 6.10 Å². The number of halogens is 3. The van der Waals surface area contributed by atoms with E-state index in [1.54, 1.807) is 0 Å². The van der Waals surface area contributed by atoms with Crippen molar-refractivity contribution >= 4 is 11.6 Å². The minimum absolute atomic E-state index is 0.413. The average Bonchev–Trinajstić information content (AvgIpc) is 2.12. The third-order valence-corrected chi connectivity index (χ3v) is 1.97. The molecule has 2 nitrogen and oxygen atoms in total. The Hall–Kier alpha value is -0.710. The van der Waals surface area contributed by atoms with E-state index in [1.807, 2.05) is 0 Å². The number of hydrogen-bond acceptors (Lipinski definition) is 2. The summed E-state index contributed by atoms with van der Waals surface area (Å²) in [6, 6.07) is 1.70. The Morgan fingerprint density at radius 2 is 1.85 bits per heavy atom. The van der Waals surface area contributed by atoms with Crippen LogP contribution in [0.15, 0.2) is 12.1 Å². The highest BCUT2D eigenvalue weighted by atomic mass is 35.5. The summed E-state index contributed by atoms with van der Waals surface area (Å²) in [6.07, 6.45) is -1.50. The topological polar surface area (TPSA) is 40.5 Å². The van der Waals surface area contributed by atoms with Crippen LogP contribution in [0.2, 0.25) is 5.02 Å². The maximum Gasteiger partial charge on any atom is 0.142 e. The highest BCUT2D eigenvalue weighted by Gasteiger charge is 2.18. The zero-order valence-corrected chi connectivity index (χ0v) is 7.22. The second-order valence-corrected chi connectivity index (χ2v) is 2.83. The third-order valence-electron chi connectivity index (χ3n) is 1.59. The largest absolute Gasteiger partial charge is 0.393 e. The number of hydrogen-bond donors (Lipinski definition) is 2. The van der Waals surface area contributed by atoms with Crippen LogP contribution >= 0.6 is 11.6 Å². The van der Waals surface area contributed by atoms with Gasteiger partial charge in [-0.2, -0.15) is 0 Å². The Labute approximate surface area is 78.4 Å². The third kappa shape index (κ3) is 1.96. The lowest BCUT2D eigenvalue weighted by atomic mass is 10.1. The Bertz CT molecular complexity index is 317. The maximum absolute atomic E-state index is 12.9. The van der Waals surface area contributed by atoms with Crippen molar-refractivity contribution in [2.75, 3.05) is 6.61 Å². The summed E-state index contributed by atoms with van der Waals surface area (Å²) in [5.74, 6) is -1.67. The molecule has 0 amide bonds. The molecule has 1 aromatic carbocycles. The predicted molar refractivity (Wildman–Crippen MR) is 43.4 cm³/mol. The average molecular weight is 209 g/mol. The van der Waals surface area contributed by atoms with E-state index in [9.17, 15) is 8.78 Å². The van der Waals surface area contributed by atoms with Crippen molar-refractivity contribution in [1.82, 2.24) is 0 Å². The van der Waals surface area contributed by atoms with E-state index < -0.39 is 34.9 Å². The van der Waals surface area contributed by atoms with E-state index in [1.165, 1.54) is 0 Å². The molecule has 1 atom stereocenters. The highest BCUT2D eigenvalue weighted by Crippen LogP contribution is 2.27. The lowest BCUT2D eigenvalue weighted by Crippen LogP contribution is -2.07. The van der Waals surface area contributed by atoms with Crippen molar-refractivity contribution in [1.29, 1.82) is 0 Å². The van der Waals surface area contributed by atoms with Gasteiger partial charge in [0.05, 0.1) is 11.6 Å². The molecule has 0 aliphatic rings. The maximum atomic E-state index is 12.9. The van der Waals surface area contributed by atoms with Crippen LogP contribution in [-0.2, 0) is 0 Å². The quantitative estimate of drug-likeness (QED) is 0.726. The number of rotatable bonds is 2. The summed E-state index contributed by atoms with van der Waals surface area (Å²) in [4.78, 5) is 0. The van der Waals surface area contributed by atoms with Crippen molar-refractivity contribution in [3.8, 4) is 0 Å². The van der Waals surface area contributed by atoms with Crippen LogP contribution in [0.1, 0.15) is 11.7 Å². The lowest BCUT2D eigenvalue weighted by molar-refractivity contribution is 0.0924. The predicted octanol–water partition coefficient (Wildman–Crippen LogP) is 1.64. The number of benzene rings is 1. The second-order valence-electron chi connectivity index (χ2n) is 2.46. The van der Waals surface area contributed by atoms with Crippen LogP contribution in [0.25, 0.3) is 0 Å².